The van der Waals surface area contributed by atoms with Crippen molar-refractivity contribution in [3.8, 4) is 11.4 Å². The van der Waals surface area contributed by atoms with Crippen LogP contribution in [0.15, 0.2) is 29.4 Å². The lowest BCUT2D eigenvalue weighted by Gasteiger charge is -2.28. The van der Waals surface area contributed by atoms with Gasteiger partial charge < -0.3 is 15.0 Å². The van der Waals surface area contributed by atoms with Gasteiger partial charge in [-0.05, 0) is 57.1 Å². The second-order valence-electron chi connectivity index (χ2n) is 7.82. The van der Waals surface area contributed by atoms with Crippen molar-refractivity contribution in [1.29, 1.82) is 0 Å². The van der Waals surface area contributed by atoms with Crippen LogP contribution >= 0.6 is 11.8 Å². The van der Waals surface area contributed by atoms with Gasteiger partial charge in [0.15, 0.2) is 5.16 Å². The number of nitrogens with one attached hydrogen (secondary N) is 1. The Morgan fingerprint density at radius 2 is 2.00 bits per heavy atom. The predicted octanol–water partition coefficient (Wildman–Crippen LogP) is 3.27. The molecular formula is C21H29N5O2S. The third kappa shape index (κ3) is 4.69. The molecule has 1 N–H and O–H groups in total. The monoisotopic (exact) mass is 415 g/mol. The van der Waals surface area contributed by atoms with Gasteiger partial charge in [-0.1, -0.05) is 23.9 Å². The SMILES string of the molecule is COc1ccccc1-n1c(SCC(=O)N[C@@H](C)C2CC2)nnc1N1CCCCC1. The summed E-state index contributed by atoms with van der Waals surface area (Å²) in [6, 6.07) is 8.13. The lowest BCUT2D eigenvalue weighted by atomic mass is 10.1. The van der Waals surface area contributed by atoms with Gasteiger partial charge in [0.2, 0.25) is 11.9 Å². The lowest BCUT2D eigenvalue weighted by Crippen LogP contribution is -2.35. The van der Waals surface area contributed by atoms with Crippen LogP contribution in [0.4, 0.5) is 5.95 Å². The number of methoxy groups -OCH3 is 1. The predicted molar refractivity (Wildman–Crippen MR) is 115 cm³/mol. The topological polar surface area (TPSA) is 72.3 Å². The van der Waals surface area contributed by atoms with Gasteiger partial charge in [0, 0.05) is 19.1 Å². The Morgan fingerprint density at radius 3 is 2.72 bits per heavy atom. The third-order valence-electron chi connectivity index (χ3n) is 5.63. The zero-order valence-corrected chi connectivity index (χ0v) is 18.0. The van der Waals surface area contributed by atoms with E-state index in [0.717, 1.165) is 43.3 Å². The lowest BCUT2D eigenvalue weighted by molar-refractivity contribution is -0.119. The molecule has 0 spiro atoms. The number of piperidine rings is 1. The maximum Gasteiger partial charge on any atom is 0.232 e. The smallest absolute Gasteiger partial charge is 0.232 e. The number of anilines is 1. The normalized spacial score (nSPS) is 17.8. The fraction of sp³-hybridized carbons (Fsp3) is 0.571. The van der Waals surface area contributed by atoms with Crippen molar-refractivity contribution in [3.63, 3.8) is 0 Å². The molecule has 7 nitrogen and oxygen atoms in total. The van der Waals surface area contributed by atoms with Crippen molar-refractivity contribution in [2.75, 3.05) is 30.9 Å². The number of para-hydroxylation sites is 2. The van der Waals surface area contributed by atoms with E-state index >= 15 is 0 Å². The molecule has 156 valence electrons. The van der Waals surface area contributed by atoms with Gasteiger partial charge in [-0.2, -0.15) is 0 Å². The summed E-state index contributed by atoms with van der Waals surface area (Å²) in [4.78, 5) is 14.7. The highest BCUT2D eigenvalue weighted by Crippen LogP contribution is 2.34. The Balaban J connectivity index is 1.57. The molecule has 1 atom stereocenters. The Morgan fingerprint density at radius 1 is 1.24 bits per heavy atom. The molecule has 1 saturated heterocycles. The number of ether oxygens (including phenoxy) is 1. The largest absolute Gasteiger partial charge is 0.495 e. The van der Waals surface area contributed by atoms with E-state index in [1.165, 1.54) is 31.0 Å². The van der Waals surface area contributed by atoms with Crippen molar-refractivity contribution < 1.29 is 9.53 Å². The zero-order chi connectivity index (χ0) is 20.2. The molecule has 2 heterocycles. The van der Waals surface area contributed by atoms with Crippen molar-refractivity contribution >= 4 is 23.6 Å². The number of carbonyl (C=O) groups excluding carboxylic acids is 1. The van der Waals surface area contributed by atoms with Crippen molar-refractivity contribution in [2.24, 2.45) is 5.92 Å². The van der Waals surface area contributed by atoms with E-state index in [0.29, 0.717) is 16.8 Å². The first kappa shape index (κ1) is 20.1. The van der Waals surface area contributed by atoms with Gasteiger partial charge in [-0.15, -0.1) is 10.2 Å². The zero-order valence-electron chi connectivity index (χ0n) is 17.1. The number of aromatic nitrogens is 3. The van der Waals surface area contributed by atoms with Crippen molar-refractivity contribution in [2.45, 2.75) is 50.2 Å². The first-order valence-corrected chi connectivity index (χ1v) is 11.4. The number of thioether (sulfide) groups is 1. The number of benzene rings is 1. The van der Waals surface area contributed by atoms with Crippen LogP contribution in [-0.2, 0) is 4.79 Å². The molecule has 0 unspecified atom stereocenters. The number of rotatable bonds is 8. The number of hydrogen-bond donors (Lipinski definition) is 1. The Hall–Kier alpha value is -2.22. The third-order valence-corrected chi connectivity index (χ3v) is 6.56. The van der Waals surface area contributed by atoms with Crippen LogP contribution in [0.25, 0.3) is 5.69 Å². The maximum absolute atomic E-state index is 12.4. The van der Waals surface area contributed by atoms with E-state index in [9.17, 15) is 4.79 Å². The van der Waals surface area contributed by atoms with Gasteiger partial charge in [0.05, 0.1) is 18.6 Å². The van der Waals surface area contributed by atoms with Gasteiger partial charge in [-0.25, -0.2) is 0 Å². The molecule has 4 rings (SSSR count). The minimum atomic E-state index is 0.0449. The molecule has 8 heteroatoms. The van der Waals surface area contributed by atoms with E-state index in [2.05, 4.69) is 27.3 Å². The molecule has 1 amide bonds. The van der Waals surface area contributed by atoms with E-state index in [1.807, 2.05) is 28.8 Å². The Bertz CT molecular complexity index is 845. The number of carbonyl (C=O) groups is 1. The van der Waals surface area contributed by atoms with Gasteiger partial charge >= 0.3 is 0 Å². The number of hydrogen-bond acceptors (Lipinski definition) is 6. The number of amides is 1. The molecule has 1 aromatic carbocycles. The molecule has 1 saturated carbocycles. The molecule has 0 bridgehead atoms. The van der Waals surface area contributed by atoms with Crippen molar-refractivity contribution in [1.82, 2.24) is 20.1 Å². The summed E-state index contributed by atoms with van der Waals surface area (Å²) in [5.74, 6) is 2.60. The second-order valence-corrected chi connectivity index (χ2v) is 8.76. The standard InChI is InChI=1S/C21H29N5O2S/c1-15(16-10-11-16)22-19(27)14-29-21-24-23-20(25-12-6-3-7-13-25)26(21)17-8-4-5-9-18(17)28-2/h4-5,8-9,15-16H,3,6-7,10-14H2,1-2H3,(H,22,27)/t15-/m0/s1. The molecule has 2 fully saturated rings. The number of nitrogens with zero attached hydrogens (tertiary/aromatic N) is 4. The molecule has 29 heavy (non-hydrogen) atoms. The molecule has 1 aliphatic heterocycles. The van der Waals surface area contributed by atoms with E-state index in [1.54, 1.807) is 7.11 Å². The average Bonchev–Trinajstić information content (AvgIpc) is 3.52. The Labute approximate surface area is 176 Å². The van der Waals surface area contributed by atoms with E-state index in [4.69, 9.17) is 4.74 Å². The quantitative estimate of drug-likeness (QED) is 0.667. The van der Waals surface area contributed by atoms with Crippen LogP contribution < -0.4 is 15.0 Å². The summed E-state index contributed by atoms with van der Waals surface area (Å²) < 4.78 is 7.63. The summed E-state index contributed by atoms with van der Waals surface area (Å²) in [5.41, 5.74) is 0.898. The molecular weight excluding hydrogens is 386 g/mol. The van der Waals surface area contributed by atoms with E-state index in [-0.39, 0.29) is 11.9 Å². The summed E-state index contributed by atoms with van der Waals surface area (Å²) in [6.45, 7) is 4.03. The van der Waals surface area contributed by atoms with Crippen LogP contribution in [0.5, 0.6) is 5.75 Å². The average molecular weight is 416 g/mol. The Kier molecular flexibility index (Phi) is 6.28. The maximum atomic E-state index is 12.4. The van der Waals surface area contributed by atoms with Crippen LogP contribution in [0.1, 0.15) is 39.0 Å². The fourth-order valence-corrected chi connectivity index (χ4v) is 4.57. The van der Waals surface area contributed by atoms with Crippen LogP contribution in [0.3, 0.4) is 0 Å². The highest BCUT2D eigenvalue weighted by Gasteiger charge is 2.29. The van der Waals surface area contributed by atoms with E-state index < -0.39 is 0 Å². The molecule has 1 aromatic heterocycles. The molecule has 2 aromatic rings. The minimum Gasteiger partial charge on any atom is -0.495 e. The fourth-order valence-electron chi connectivity index (χ4n) is 3.82. The first-order valence-electron chi connectivity index (χ1n) is 10.4. The summed E-state index contributed by atoms with van der Waals surface area (Å²) in [7, 11) is 1.67. The highest BCUT2D eigenvalue weighted by molar-refractivity contribution is 7.99. The van der Waals surface area contributed by atoms with Crippen molar-refractivity contribution in [3.05, 3.63) is 24.3 Å². The van der Waals surface area contributed by atoms with Gasteiger partial charge in [-0.3, -0.25) is 9.36 Å². The molecule has 1 aliphatic carbocycles. The second kappa shape index (κ2) is 9.07. The highest BCUT2D eigenvalue weighted by atomic mass is 32.2. The minimum absolute atomic E-state index is 0.0449. The summed E-state index contributed by atoms with van der Waals surface area (Å²) >= 11 is 1.42. The summed E-state index contributed by atoms with van der Waals surface area (Å²) in [6.07, 6.45) is 6.00. The van der Waals surface area contributed by atoms with Crippen LogP contribution in [0.2, 0.25) is 0 Å². The molecule has 2 aliphatic rings. The van der Waals surface area contributed by atoms with Crippen LogP contribution in [-0.4, -0.2) is 52.7 Å². The van der Waals surface area contributed by atoms with Gasteiger partial charge in [0.25, 0.3) is 0 Å². The first-order chi connectivity index (χ1) is 14.2. The molecule has 0 radical (unpaired) electrons. The van der Waals surface area contributed by atoms with Crippen LogP contribution in [0, 0.1) is 5.92 Å². The summed E-state index contributed by atoms with van der Waals surface area (Å²) in [5, 5.41) is 12.8. The van der Waals surface area contributed by atoms with Gasteiger partial charge in [0.1, 0.15) is 5.75 Å².